The van der Waals surface area contributed by atoms with Crippen molar-refractivity contribution < 1.29 is 4.79 Å². The number of nitrogens with zero attached hydrogens (tertiary/aromatic N) is 3. The predicted octanol–water partition coefficient (Wildman–Crippen LogP) is 0.909. The molecule has 2 rings (SSSR count). The fourth-order valence-corrected chi connectivity index (χ4v) is 2.49. The molecule has 1 atom stereocenters. The van der Waals surface area contributed by atoms with Crippen LogP contribution in [0.4, 0.5) is 0 Å². The van der Waals surface area contributed by atoms with E-state index in [4.69, 9.17) is 0 Å². The van der Waals surface area contributed by atoms with Crippen LogP contribution in [0.15, 0.2) is 17.6 Å². The van der Waals surface area contributed by atoms with Crippen LogP contribution in [0.1, 0.15) is 18.9 Å². The third kappa shape index (κ3) is 3.68. The Kier molecular flexibility index (Phi) is 4.54. The van der Waals surface area contributed by atoms with Gasteiger partial charge in [0.05, 0.1) is 0 Å². The van der Waals surface area contributed by atoms with Gasteiger partial charge in [0.1, 0.15) is 0 Å². The number of hydrogen-bond donors (Lipinski definition) is 1. The second kappa shape index (κ2) is 6.15. The Hall–Kier alpha value is -1.14. The number of carbonyl (C=O) groups excluding carboxylic acids is 1. The van der Waals surface area contributed by atoms with Crippen LogP contribution < -0.4 is 5.32 Å². The largest absolute Gasteiger partial charge is 0.352 e. The van der Waals surface area contributed by atoms with Crippen molar-refractivity contribution in [3.63, 3.8) is 0 Å². The van der Waals surface area contributed by atoms with E-state index >= 15 is 0 Å². The van der Waals surface area contributed by atoms with E-state index in [0.717, 1.165) is 36.8 Å². The average Bonchev–Trinajstić information content (AvgIpc) is 2.76. The first-order chi connectivity index (χ1) is 8.67. The van der Waals surface area contributed by atoms with Crippen molar-refractivity contribution in [1.29, 1.82) is 0 Å². The molecule has 1 aliphatic rings. The number of nitrogens with one attached hydrogen (secondary N) is 1. The third-order valence-corrected chi connectivity index (χ3v) is 3.53. The van der Waals surface area contributed by atoms with Gasteiger partial charge in [-0.25, -0.2) is 9.97 Å². The Morgan fingerprint density at radius 1 is 1.56 bits per heavy atom. The summed E-state index contributed by atoms with van der Waals surface area (Å²) in [6.07, 6.45) is 6.74. The standard InChI is InChI=1S/C12H18N4OS/c1-9(17)15-11-3-4-16(8-11)7-10-5-13-12(18-2)14-6-10/h5-6,11H,3-4,7-8H2,1-2H3,(H,15,17)/t11-/m1/s1. The molecule has 98 valence electrons. The molecule has 1 fully saturated rings. The molecule has 1 aromatic heterocycles. The molecule has 2 heterocycles. The Balaban J connectivity index is 1.85. The molecule has 0 unspecified atom stereocenters. The Morgan fingerprint density at radius 2 is 2.28 bits per heavy atom. The molecule has 18 heavy (non-hydrogen) atoms. The fraction of sp³-hybridized carbons (Fsp3) is 0.583. The fourth-order valence-electron chi connectivity index (χ4n) is 2.17. The van der Waals surface area contributed by atoms with E-state index in [0.29, 0.717) is 0 Å². The van der Waals surface area contributed by atoms with Crippen LogP contribution in [-0.2, 0) is 11.3 Å². The van der Waals surface area contributed by atoms with Crippen molar-refractivity contribution in [2.75, 3.05) is 19.3 Å². The minimum atomic E-state index is 0.0505. The normalized spacial score (nSPS) is 20.0. The van der Waals surface area contributed by atoms with Crippen LogP contribution >= 0.6 is 11.8 Å². The van der Waals surface area contributed by atoms with Gasteiger partial charge in [-0.2, -0.15) is 0 Å². The van der Waals surface area contributed by atoms with E-state index in [1.165, 1.54) is 0 Å². The molecule has 1 saturated heterocycles. The highest BCUT2D eigenvalue weighted by Gasteiger charge is 2.22. The number of likely N-dealkylation sites (tertiary alicyclic amines) is 1. The van der Waals surface area contributed by atoms with Gasteiger partial charge in [0.2, 0.25) is 5.91 Å². The highest BCUT2D eigenvalue weighted by atomic mass is 32.2. The third-order valence-electron chi connectivity index (χ3n) is 2.95. The molecule has 0 aliphatic carbocycles. The lowest BCUT2D eigenvalue weighted by molar-refractivity contribution is -0.119. The molecule has 6 heteroatoms. The van der Waals surface area contributed by atoms with Gasteiger partial charge in [-0.1, -0.05) is 11.8 Å². The van der Waals surface area contributed by atoms with Gasteiger partial charge in [-0.15, -0.1) is 0 Å². The Morgan fingerprint density at radius 3 is 2.89 bits per heavy atom. The van der Waals surface area contributed by atoms with E-state index in [2.05, 4.69) is 20.2 Å². The number of thioether (sulfide) groups is 1. The molecular formula is C12H18N4OS. The van der Waals surface area contributed by atoms with Crippen molar-refractivity contribution >= 4 is 17.7 Å². The van der Waals surface area contributed by atoms with Crippen molar-refractivity contribution in [2.24, 2.45) is 0 Å². The molecule has 1 amide bonds. The van der Waals surface area contributed by atoms with Gasteiger partial charge in [-0.05, 0) is 12.7 Å². The quantitative estimate of drug-likeness (QED) is 0.648. The van der Waals surface area contributed by atoms with Crippen molar-refractivity contribution in [3.8, 4) is 0 Å². The molecule has 0 radical (unpaired) electrons. The average molecular weight is 266 g/mol. The molecule has 0 spiro atoms. The maximum absolute atomic E-state index is 11.0. The molecule has 0 aromatic carbocycles. The Labute approximate surface area is 111 Å². The summed E-state index contributed by atoms with van der Waals surface area (Å²) in [6, 6.07) is 0.286. The van der Waals surface area contributed by atoms with E-state index in [1.807, 2.05) is 18.6 Å². The molecule has 1 N–H and O–H groups in total. The van der Waals surface area contributed by atoms with Gasteiger partial charge in [-0.3, -0.25) is 9.69 Å². The first-order valence-electron chi connectivity index (χ1n) is 6.01. The van der Waals surface area contributed by atoms with Gasteiger partial charge in [0, 0.05) is 50.6 Å². The first kappa shape index (κ1) is 13.3. The summed E-state index contributed by atoms with van der Waals surface area (Å²) in [7, 11) is 0. The maximum Gasteiger partial charge on any atom is 0.217 e. The summed E-state index contributed by atoms with van der Waals surface area (Å²) >= 11 is 1.54. The van der Waals surface area contributed by atoms with Crippen LogP contribution in [0, 0.1) is 0 Å². The van der Waals surface area contributed by atoms with Gasteiger partial charge in [0.25, 0.3) is 0 Å². The Bertz CT molecular complexity index is 409. The van der Waals surface area contributed by atoms with E-state index in [1.54, 1.807) is 18.7 Å². The van der Waals surface area contributed by atoms with Crippen LogP contribution in [0.5, 0.6) is 0 Å². The first-order valence-corrected chi connectivity index (χ1v) is 7.24. The summed E-state index contributed by atoms with van der Waals surface area (Å²) in [6.45, 7) is 4.33. The molecule has 1 aromatic rings. The minimum absolute atomic E-state index is 0.0505. The summed E-state index contributed by atoms with van der Waals surface area (Å²) < 4.78 is 0. The number of rotatable bonds is 4. The molecule has 5 nitrogen and oxygen atoms in total. The summed E-state index contributed by atoms with van der Waals surface area (Å²) in [5.41, 5.74) is 1.12. The predicted molar refractivity (Wildman–Crippen MR) is 71.3 cm³/mol. The second-order valence-electron chi connectivity index (χ2n) is 4.50. The lowest BCUT2D eigenvalue weighted by Crippen LogP contribution is -2.35. The van der Waals surface area contributed by atoms with Gasteiger partial charge >= 0.3 is 0 Å². The zero-order valence-electron chi connectivity index (χ0n) is 10.7. The summed E-state index contributed by atoms with van der Waals surface area (Å²) in [4.78, 5) is 21.8. The maximum atomic E-state index is 11.0. The summed E-state index contributed by atoms with van der Waals surface area (Å²) in [5, 5.41) is 3.76. The van der Waals surface area contributed by atoms with E-state index < -0.39 is 0 Å². The van der Waals surface area contributed by atoms with E-state index in [-0.39, 0.29) is 11.9 Å². The summed E-state index contributed by atoms with van der Waals surface area (Å²) in [5.74, 6) is 0.0505. The topological polar surface area (TPSA) is 58.1 Å². The SMILES string of the molecule is CSc1ncc(CN2CC[C@@H](NC(C)=O)C2)cn1. The lowest BCUT2D eigenvalue weighted by atomic mass is 10.2. The van der Waals surface area contributed by atoms with Crippen molar-refractivity contribution in [1.82, 2.24) is 20.2 Å². The van der Waals surface area contributed by atoms with Crippen LogP contribution in [0.3, 0.4) is 0 Å². The molecule has 1 aliphatic heterocycles. The van der Waals surface area contributed by atoms with Gasteiger partial charge in [0.15, 0.2) is 5.16 Å². The highest BCUT2D eigenvalue weighted by Crippen LogP contribution is 2.14. The minimum Gasteiger partial charge on any atom is -0.352 e. The smallest absolute Gasteiger partial charge is 0.217 e. The van der Waals surface area contributed by atoms with Crippen LogP contribution in [0.25, 0.3) is 0 Å². The van der Waals surface area contributed by atoms with E-state index in [9.17, 15) is 4.79 Å². The number of amides is 1. The molecular weight excluding hydrogens is 248 g/mol. The van der Waals surface area contributed by atoms with Crippen molar-refractivity contribution in [3.05, 3.63) is 18.0 Å². The van der Waals surface area contributed by atoms with Crippen molar-refractivity contribution in [2.45, 2.75) is 31.1 Å². The van der Waals surface area contributed by atoms with Crippen LogP contribution in [-0.4, -0.2) is 46.2 Å². The highest BCUT2D eigenvalue weighted by molar-refractivity contribution is 7.98. The number of hydrogen-bond acceptors (Lipinski definition) is 5. The number of carbonyl (C=O) groups is 1. The zero-order chi connectivity index (χ0) is 13.0. The lowest BCUT2D eigenvalue weighted by Gasteiger charge is -2.16. The number of aromatic nitrogens is 2. The molecule has 0 saturated carbocycles. The zero-order valence-corrected chi connectivity index (χ0v) is 11.5. The van der Waals surface area contributed by atoms with Crippen LogP contribution in [0.2, 0.25) is 0 Å². The monoisotopic (exact) mass is 266 g/mol. The molecule has 0 bridgehead atoms. The van der Waals surface area contributed by atoms with Gasteiger partial charge < -0.3 is 5.32 Å². The second-order valence-corrected chi connectivity index (χ2v) is 5.27.